The number of amides is 1. The summed E-state index contributed by atoms with van der Waals surface area (Å²) in [4.78, 5) is 23.5. The number of rotatable bonds is 8. The van der Waals surface area contributed by atoms with Crippen LogP contribution >= 0.6 is 0 Å². The Labute approximate surface area is 162 Å². The maximum atomic E-state index is 12.8. The fourth-order valence-electron chi connectivity index (χ4n) is 2.22. The summed E-state index contributed by atoms with van der Waals surface area (Å²) < 4.78 is 28.6. The van der Waals surface area contributed by atoms with Gasteiger partial charge in [-0.3, -0.25) is 4.79 Å². The Morgan fingerprint density at radius 1 is 1.11 bits per heavy atom. The third kappa shape index (κ3) is 6.75. The number of esters is 1. The van der Waals surface area contributed by atoms with E-state index >= 15 is 0 Å². The first kappa shape index (κ1) is 21.0. The fraction of sp³-hybridized carbons (Fsp3) is 0.238. The van der Waals surface area contributed by atoms with E-state index in [4.69, 9.17) is 14.2 Å². The number of benzene rings is 2. The molecule has 0 saturated heterocycles. The molecule has 0 aliphatic rings. The van der Waals surface area contributed by atoms with E-state index in [9.17, 15) is 14.0 Å². The van der Waals surface area contributed by atoms with Crippen LogP contribution in [-0.4, -0.2) is 31.7 Å². The van der Waals surface area contributed by atoms with Gasteiger partial charge in [-0.15, -0.1) is 0 Å². The van der Waals surface area contributed by atoms with Gasteiger partial charge >= 0.3 is 5.97 Å². The molecule has 148 valence electrons. The monoisotopic (exact) mass is 387 g/mol. The lowest BCUT2D eigenvalue weighted by Gasteiger charge is -2.13. The summed E-state index contributed by atoms with van der Waals surface area (Å²) in [7, 11) is 1.53. The molecule has 7 heteroatoms. The Morgan fingerprint density at radius 3 is 2.46 bits per heavy atom. The maximum absolute atomic E-state index is 12.8. The van der Waals surface area contributed by atoms with Crippen molar-refractivity contribution in [2.75, 3.05) is 19.0 Å². The van der Waals surface area contributed by atoms with E-state index in [2.05, 4.69) is 5.32 Å². The standard InChI is InChI=1S/C21H22FNO5/c1-14(2)28-18-10-4-15(12-19(18)26-3)5-11-21(25)27-13-20(24)23-17-8-6-16(22)7-9-17/h4-12,14H,13H2,1-3H3,(H,23,24)/b11-5+. The van der Waals surface area contributed by atoms with E-state index in [1.807, 2.05) is 13.8 Å². The van der Waals surface area contributed by atoms with Crippen LogP contribution in [0.25, 0.3) is 6.08 Å². The van der Waals surface area contributed by atoms with Gasteiger partial charge in [0, 0.05) is 11.8 Å². The molecule has 0 aliphatic heterocycles. The normalized spacial score (nSPS) is 10.8. The summed E-state index contributed by atoms with van der Waals surface area (Å²) in [5, 5.41) is 2.50. The maximum Gasteiger partial charge on any atom is 0.331 e. The Kier molecular flexibility index (Phi) is 7.56. The Morgan fingerprint density at radius 2 is 1.82 bits per heavy atom. The molecular weight excluding hydrogens is 365 g/mol. The van der Waals surface area contributed by atoms with Gasteiger partial charge in [0.2, 0.25) is 0 Å². The minimum Gasteiger partial charge on any atom is -0.493 e. The lowest BCUT2D eigenvalue weighted by molar-refractivity contribution is -0.142. The number of nitrogens with one attached hydrogen (secondary N) is 1. The molecule has 0 radical (unpaired) electrons. The Hall–Kier alpha value is -3.35. The highest BCUT2D eigenvalue weighted by atomic mass is 19.1. The van der Waals surface area contributed by atoms with Crippen LogP contribution in [0.5, 0.6) is 11.5 Å². The zero-order valence-electron chi connectivity index (χ0n) is 15.9. The van der Waals surface area contributed by atoms with Crippen molar-refractivity contribution in [1.82, 2.24) is 0 Å². The van der Waals surface area contributed by atoms with Gasteiger partial charge in [0.1, 0.15) is 5.82 Å². The largest absolute Gasteiger partial charge is 0.493 e. The van der Waals surface area contributed by atoms with Crippen molar-refractivity contribution in [1.29, 1.82) is 0 Å². The molecule has 28 heavy (non-hydrogen) atoms. The molecule has 2 aromatic carbocycles. The van der Waals surface area contributed by atoms with E-state index < -0.39 is 24.3 Å². The molecule has 1 N–H and O–H groups in total. The summed E-state index contributed by atoms with van der Waals surface area (Å²) in [6.45, 7) is 3.37. The molecule has 0 fully saturated rings. The summed E-state index contributed by atoms with van der Waals surface area (Å²) in [5.41, 5.74) is 1.12. The van der Waals surface area contributed by atoms with Gasteiger partial charge in [0.25, 0.3) is 5.91 Å². The molecule has 0 atom stereocenters. The van der Waals surface area contributed by atoms with Gasteiger partial charge in [0.15, 0.2) is 18.1 Å². The minimum absolute atomic E-state index is 0.00586. The molecule has 2 rings (SSSR count). The molecule has 6 nitrogen and oxygen atoms in total. The SMILES string of the molecule is COc1cc(/C=C/C(=O)OCC(=O)Nc2ccc(F)cc2)ccc1OC(C)C. The first-order valence-electron chi connectivity index (χ1n) is 8.62. The van der Waals surface area contributed by atoms with Crippen molar-refractivity contribution in [3.05, 3.63) is 59.9 Å². The molecule has 0 aromatic heterocycles. The Bertz CT molecular complexity index is 846. The van der Waals surface area contributed by atoms with Gasteiger partial charge in [-0.05, 0) is 61.9 Å². The lowest BCUT2D eigenvalue weighted by Crippen LogP contribution is -2.20. The van der Waals surface area contributed by atoms with Gasteiger partial charge < -0.3 is 19.5 Å². The van der Waals surface area contributed by atoms with Crippen molar-refractivity contribution in [2.45, 2.75) is 20.0 Å². The second kappa shape index (κ2) is 10.1. The van der Waals surface area contributed by atoms with E-state index in [0.717, 1.165) is 0 Å². The molecule has 2 aromatic rings. The number of hydrogen-bond donors (Lipinski definition) is 1. The smallest absolute Gasteiger partial charge is 0.331 e. The summed E-state index contributed by atoms with van der Waals surface area (Å²) in [6.07, 6.45) is 2.76. The number of ether oxygens (including phenoxy) is 3. The zero-order valence-corrected chi connectivity index (χ0v) is 15.9. The van der Waals surface area contributed by atoms with Crippen molar-refractivity contribution in [3.8, 4) is 11.5 Å². The van der Waals surface area contributed by atoms with Crippen LogP contribution in [0.3, 0.4) is 0 Å². The predicted molar refractivity (Wildman–Crippen MR) is 104 cm³/mol. The van der Waals surface area contributed by atoms with Crippen molar-refractivity contribution >= 4 is 23.6 Å². The Balaban J connectivity index is 1.87. The number of carbonyl (C=O) groups is 2. The number of anilines is 1. The quantitative estimate of drug-likeness (QED) is 0.551. The molecule has 0 spiro atoms. The number of hydrogen-bond acceptors (Lipinski definition) is 5. The lowest BCUT2D eigenvalue weighted by atomic mass is 10.2. The highest BCUT2D eigenvalue weighted by Crippen LogP contribution is 2.29. The second-order valence-electron chi connectivity index (χ2n) is 6.07. The van der Waals surface area contributed by atoms with Crippen molar-refractivity contribution in [3.63, 3.8) is 0 Å². The van der Waals surface area contributed by atoms with Crippen LogP contribution < -0.4 is 14.8 Å². The summed E-state index contributed by atoms with van der Waals surface area (Å²) in [6, 6.07) is 10.5. The van der Waals surface area contributed by atoms with Crippen LogP contribution in [0.4, 0.5) is 10.1 Å². The van der Waals surface area contributed by atoms with E-state index in [1.54, 1.807) is 24.3 Å². The molecule has 0 bridgehead atoms. The number of carbonyl (C=O) groups excluding carboxylic acids is 2. The third-order valence-corrected chi connectivity index (χ3v) is 3.44. The van der Waals surface area contributed by atoms with E-state index in [1.165, 1.54) is 37.5 Å². The highest BCUT2D eigenvalue weighted by molar-refractivity contribution is 5.94. The second-order valence-corrected chi connectivity index (χ2v) is 6.07. The molecule has 0 heterocycles. The van der Waals surface area contributed by atoms with Crippen LogP contribution in [0.2, 0.25) is 0 Å². The van der Waals surface area contributed by atoms with Gasteiger partial charge in [-0.1, -0.05) is 6.07 Å². The average Bonchev–Trinajstić information content (AvgIpc) is 2.67. The predicted octanol–water partition coefficient (Wildman–Crippen LogP) is 3.82. The zero-order chi connectivity index (χ0) is 20.5. The molecule has 1 amide bonds. The molecule has 0 saturated carbocycles. The van der Waals surface area contributed by atoms with Gasteiger partial charge in [-0.2, -0.15) is 0 Å². The third-order valence-electron chi connectivity index (χ3n) is 3.44. The van der Waals surface area contributed by atoms with E-state index in [0.29, 0.717) is 22.7 Å². The van der Waals surface area contributed by atoms with Crippen LogP contribution in [0.15, 0.2) is 48.5 Å². The van der Waals surface area contributed by atoms with Crippen LogP contribution in [-0.2, 0) is 14.3 Å². The minimum atomic E-state index is -0.671. The highest BCUT2D eigenvalue weighted by Gasteiger charge is 2.08. The van der Waals surface area contributed by atoms with Crippen molar-refractivity contribution in [2.24, 2.45) is 0 Å². The van der Waals surface area contributed by atoms with Gasteiger partial charge in [-0.25, -0.2) is 9.18 Å². The van der Waals surface area contributed by atoms with Crippen LogP contribution in [0.1, 0.15) is 19.4 Å². The fourth-order valence-corrected chi connectivity index (χ4v) is 2.22. The molecule has 0 aliphatic carbocycles. The van der Waals surface area contributed by atoms with Gasteiger partial charge in [0.05, 0.1) is 13.2 Å². The first-order chi connectivity index (χ1) is 13.4. The average molecular weight is 387 g/mol. The van der Waals surface area contributed by atoms with Crippen LogP contribution in [0, 0.1) is 5.82 Å². The number of methoxy groups -OCH3 is 1. The first-order valence-corrected chi connectivity index (χ1v) is 8.62. The molecular formula is C21H22FNO5. The summed E-state index contributed by atoms with van der Waals surface area (Å²) in [5.74, 6) is -0.450. The topological polar surface area (TPSA) is 73.9 Å². The van der Waals surface area contributed by atoms with Crippen molar-refractivity contribution < 1.29 is 28.2 Å². The summed E-state index contributed by atoms with van der Waals surface area (Å²) >= 11 is 0. The molecule has 0 unspecified atom stereocenters. The van der Waals surface area contributed by atoms with E-state index in [-0.39, 0.29) is 6.10 Å². The number of halogens is 1.